The van der Waals surface area contributed by atoms with E-state index in [2.05, 4.69) is 43.5 Å². The van der Waals surface area contributed by atoms with E-state index in [0.717, 1.165) is 32.1 Å². The summed E-state index contributed by atoms with van der Waals surface area (Å²) in [5.74, 6) is -0.0802. The molecule has 0 fully saturated rings. The first-order valence-corrected chi connectivity index (χ1v) is 11.1. The third-order valence-corrected chi connectivity index (χ3v) is 5.95. The number of aromatic nitrogens is 3. The predicted molar refractivity (Wildman–Crippen MR) is 122 cm³/mol. The van der Waals surface area contributed by atoms with Gasteiger partial charge in [0.2, 0.25) is 0 Å². The highest BCUT2D eigenvalue weighted by Gasteiger charge is 2.12. The van der Waals surface area contributed by atoms with Crippen LogP contribution in [-0.4, -0.2) is 27.2 Å². The molecule has 0 saturated carbocycles. The molecule has 0 unspecified atom stereocenters. The predicted octanol–water partition coefficient (Wildman–Crippen LogP) is 5.15. The van der Waals surface area contributed by atoms with E-state index in [1.54, 1.807) is 12.4 Å². The Bertz CT molecular complexity index is 1110. The van der Waals surface area contributed by atoms with Gasteiger partial charge in [-0.1, -0.05) is 36.0 Å². The van der Waals surface area contributed by atoms with Crippen molar-refractivity contribution in [2.24, 2.45) is 0 Å². The monoisotopic (exact) mass is 478 g/mol. The molecule has 2 aromatic carbocycles. The lowest BCUT2D eigenvalue weighted by atomic mass is 10.1. The molecule has 7 heteroatoms. The number of benzene rings is 2. The molecule has 0 bridgehead atoms. The standard InChI is InChI=1S/C23H19BrN4OS/c24-18-8-11-22(26-16-18)30-21-5-2-1-4-20(21)23(29)25-14-12-17-6-9-19(10-7-17)28-15-3-13-27-28/h1-11,13,15-16H,12,14H2,(H,25,29). The number of hydrogen-bond acceptors (Lipinski definition) is 4. The van der Waals surface area contributed by atoms with E-state index >= 15 is 0 Å². The first kappa shape index (κ1) is 20.4. The lowest BCUT2D eigenvalue weighted by Crippen LogP contribution is -2.26. The van der Waals surface area contributed by atoms with Gasteiger partial charge < -0.3 is 5.32 Å². The smallest absolute Gasteiger partial charge is 0.252 e. The van der Waals surface area contributed by atoms with Crippen molar-refractivity contribution in [1.82, 2.24) is 20.1 Å². The van der Waals surface area contributed by atoms with Crippen molar-refractivity contribution in [2.75, 3.05) is 6.54 Å². The van der Waals surface area contributed by atoms with Gasteiger partial charge in [-0.2, -0.15) is 5.10 Å². The molecule has 30 heavy (non-hydrogen) atoms. The Morgan fingerprint density at radius 2 is 1.87 bits per heavy atom. The molecule has 1 amide bonds. The molecule has 1 N–H and O–H groups in total. The fourth-order valence-electron chi connectivity index (χ4n) is 2.93. The van der Waals surface area contributed by atoms with Crippen LogP contribution >= 0.6 is 27.7 Å². The summed E-state index contributed by atoms with van der Waals surface area (Å²) < 4.78 is 2.75. The maximum atomic E-state index is 12.7. The van der Waals surface area contributed by atoms with E-state index in [-0.39, 0.29) is 5.91 Å². The van der Waals surface area contributed by atoms with Crippen LogP contribution in [0.15, 0.2) is 99.7 Å². The summed E-state index contributed by atoms with van der Waals surface area (Å²) >= 11 is 4.87. The van der Waals surface area contributed by atoms with Gasteiger partial charge in [0.15, 0.2) is 0 Å². The molecule has 4 aromatic rings. The Labute approximate surface area is 187 Å². The Kier molecular flexibility index (Phi) is 6.61. The molecule has 2 heterocycles. The van der Waals surface area contributed by atoms with Crippen LogP contribution in [0, 0.1) is 0 Å². The van der Waals surface area contributed by atoms with Gasteiger partial charge in [0.05, 0.1) is 11.3 Å². The fraction of sp³-hybridized carbons (Fsp3) is 0.0870. The molecule has 150 valence electrons. The van der Waals surface area contributed by atoms with Crippen LogP contribution in [0.1, 0.15) is 15.9 Å². The van der Waals surface area contributed by atoms with Crippen LogP contribution in [0.5, 0.6) is 0 Å². The van der Waals surface area contributed by atoms with Crippen molar-refractivity contribution in [2.45, 2.75) is 16.3 Å². The molecule has 4 rings (SSSR count). The number of halogens is 1. The zero-order valence-electron chi connectivity index (χ0n) is 16.0. The zero-order valence-corrected chi connectivity index (χ0v) is 18.4. The summed E-state index contributed by atoms with van der Waals surface area (Å²) in [4.78, 5) is 18.0. The molecule has 0 aliphatic rings. The third kappa shape index (κ3) is 5.17. The number of nitrogens with one attached hydrogen (secondary N) is 1. The number of hydrogen-bond donors (Lipinski definition) is 1. The number of carbonyl (C=O) groups is 1. The lowest BCUT2D eigenvalue weighted by Gasteiger charge is -2.10. The average molecular weight is 479 g/mol. The number of nitrogens with zero attached hydrogens (tertiary/aromatic N) is 3. The molecular formula is C23H19BrN4OS. The molecule has 0 aliphatic heterocycles. The van der Waals surface area contributed by atoms with E-state index in [9.17, 15) is 4.79 Å². The first-order valence-electron chi connectivity index (χ1n) is 9.45. The zero-order chi connectivity index (χ0) is 20.8. The molecule has 0 spiro atoms. The quantitative estimate of drug-likeness (QED) is 0.398. The average Bonchev–Trinajstić information content (AvgIpc) is 3.31. The van der Waals surface area contributed by atoms with E-state index in [0.29, 0.717) is 12.1 Å². The highest BCUT2D eigenvalue weighted by Crippen LogP contribution is 2.29. The van der Waals surface area contributed by atoms with Gasteiger partial charge >= 0.3 is 0 Å². The third-order valence-electron chi connectivity index (χ3n) is 4.45. The first-order chi connectivity index (χ1) is 14.7. The number of pyridine rings is 1. The fourth-order valence-corrected chi connectivity index (χ4v) is 4.05. The van der Waals surface area contributed by atoms with Crippen LogP contribution in [0.4, 0.5) is 0 Å². The number of carbonyl (C=O) groups excluding carboxylic acids is 1. The van der Waals surface area contributed by atoms with Crippen molar-refractivity contribution in [3.63, 3.8) is 0 Å². The van der Waals surface area contributed by atoms with Crippen molar-refractivity contribution >= 4 is 33.6 Å². The van der Waals surface area contributed by atoms with Gasteiger partial charge in [-0.25, -0.2) is 9.67 Å². The lowest BCUT2D eigenvalue weighted by molar-refractivity contribution is 0.0951. The van der Waals surface area contributed by atoms with Crippen molar-refractivity contribution in [1.29, 1.82) is 0 Å². The largest absolute Gasteiger partial charge is 0.352 e. The van der Waals surface area contributed by atoms with Gasteiger partial charge in [0, 0.05) is 34.5 Å². The number of rotatable bonds is 7. The van der Waals surface area contributed by atoms with Crippen LogP contribution in [0.25, 0.3) is 5.69 Å². The second-order valence-electron chi connectivity index (χ2n) is 6.54. The van der Waals surface area contributed by atoms with E-state index in [4.69, 9.17) is 0 Å². The van der Waals surface area contributed by atoms with Gasteiger partial charge in [-0.15, -0.1) is 0 Å². The van der Waals surface area contributed by atoms with Crippen LogP contribution in [0.3, 0.4) is 0 Å². The highest BCUT2D eigenvalue weighted by molar-refractivity contribution is 9.10. The Balaban J connectivity index is 1.35. The van der Waals surface area contributed by atoms with E-state index in [1.165, 1.54) is 11.8 Å². The number of amides is 1. The minimum Gasteiger partial charge on any atom is -0.352 e. The molecule has 2 aromatic heterocycles. The Morgan fingerprint density at radius 3 is 2.60 bits per heavy atom. The van der Waals surface area contributed by atoms with Crippen LogP contribution in [-0.2, 0) is 6.42 Å². The maximum absolute atomic E-state index is 12.7. The van der Waals surface area contributed by atoms with E-state index < -0.39 is 0 Å². The molecule has 0 radical (unpaired) electrons. The molecule has 0 aliphatic carbocycles. The van der Waals surface area contributed by atoms with Crippen molar-refractivity contribution in [3.8, 4) is 5.69 Å². The van der Waals surface area contributed by atoms with Crippen molar-refractivity contribution < 1.29 is 4.79 Å². The molecule has 0 saturated heterocycles. The second kappa shape index (κ2) is 9.73. The van der Waals surface area contributed by atoms with Gasteiger partial charge in [-0.05, 0) is 70.4 Å². The van der Waals surface area contributed by atoms with Gasteiger partial charge in [0.1, 0.15) is 5.03 Å². The normalized spacial score (nSPS) is 10.7. The summed E-state index contributed by atoms with van der Waals surface area (Å²) in [5, 5.41) is 8.10. The van der Waals surface area contributed by atoms with Crippen LogP contribution in [0.2, 0.25) is 0 Å². The summed E-state index contributed by atoms with van der Waals surface area (Å²) in [6, 6.07) is 21.5. The van der Waals surface area contributed by atoms with E-state index in [1.807, 2.05) is 65.5 Å². The van der Waals surface area contributed by atoms with Gasteiger partial charge in [0.25, 0.3) is 5.91 Å². The Morgan fingerprint density at radius 1 is 1.03 bits per heavy atom. The highest BCUT2D eigenvalue weighted by atomic mass is 79.9. The van der Waals surface area contributed by atoms with Crippen LogP contribution < -0.4 is 5.32 Å². The minimum atomic E-state index is -0.0802. The van der Waals surface area contributed by atoms with Gasteiger partial charge in [-0.3, -0.25) is 4.79 Å². The summed E-state index contributed by atoms with van der Waals surface area (Å²) in [5.41, 5.74) is 2.83. The summed E-state index contributed by atoms with van der Waals surface area (Å²) in [6.07, 6.45) is 6.18. The topological polar surface area (TPSA) is 59.8 Å². The van der Waals surface area contributed by atoms with Crippen molar-refractivity contribution in [3.05, 3.63) is 101 Å². The second-order valence-corrected chi connectivity index (χ2v) is 8.51. The molecule has 5 nitrogen and oxygen atoms in total. The minimum absolute atomic E-state index is 0.0802. The molecule has 0 atom stereocenters. The SMILES string of the molecule is O=C(NCCc1ccc(-n2cccn2)cc1)c1ccccc1Sc1ccc(Br)cn1. The summed E-state index contributed by atoms with van der Waals surface area (Å²) in [6.45, 7) is 0.565. The molecular weight excluding hydrogens is 460 g/mol. The summed E-state index contributed by atoms with van der Waals surface area (Å²) in [7, 11) is 0. The Hall–Kier alpha value is -2.90. The maximum Gasteiger partial charge on any atom is 0.252 e.